The molecule has 3 fully saturated rings. The zero-order valence-corrected chi connectivity index (χ0v) is 22.2. The molecule has 0 amide bonds. The molecule has 0 radical (unpaired) electrons. The van der Waals surface area contributed by atoms with E-state index in [2.05, 4.69) is 26.6 Å². The maximum absolute atomic E-state index is 13.1. The molecule has 1 aromatic heterocycles. The van der Waals surface area contributed by atoms with Crippen LogP contribution in [0.3, 0.4) is 0 Å². The van der Waals surface area contributed by atoms with Gasteiger partial charge in [-0.05, 0) is 103 Å². The van der Waals surface area contributed by atoms with Gasteiger partial charge in [0, 0.05) is 25.6 Å². The number of piperidine rings is 1. The highest BCUT2D eigenvalue weighted by molar-refractivity contribution is 7.08. The number of carboxylic acid groups (broad SMARTS) is 1. The van der Waals surface area contributed by atoms with Crippen molar-refractivity contribution in [3.63, 3.8) is 0 Å². The fraction of sp³-hybridized carbons (Fsp3) is 0.633. The van der Waals surface area contributed by atoms with Crippen molar-refractivity contribution in [1.29, 1.82) is 0 Å². The van der Waals surface area contributed by atoms with Crippen molar-refractivity contribution in [2.75, 3.05) is 32.7 Å². The first kappa shape index (κ1) is 25.9. The summed E-state index contributed by atoms with van der Waals surface area (Å²) in [7, 11) is 0. The van der Waals surface area contributed by atoms with Crippen LogP contribution in [0.4, 0.5) is 4.39 Å². The number of rotatable bonds is 11. The lowest BCUT2D eigenvalue weighted by Gasteiger charge is -2.35. The number of halogens is 1. The Kier molecular flexibility index (Phi) is 8.76. The van der Waals surface area contributed by atoms with Gasteiger partial charge in [0.1, 0.15) is 11.9 Å². The fourth-order valence-electron chi connectivity index (χ4n) is 6.69. The zero-order valence-electron chi connectivity index (χ0n) is 21.4. The molecule has 0 spiro atoms. The van der Waals surface area contributed by atoms with E-state index >= 15 is 0 Å². The Labute approximate surface area is 219 Å². The molecule has 2 aromatic rings. The zero-order chi connectivity index (χ0) is 24.9. The SMILES string of the molecule is O=C(O)[C@@H](CC1CCC1)N1CC(CN2CCC(CCCc3ccc(F)cc3)CC2)C(c2ccsc2)C1. The molecule has 0 bridgehead atoms. The maximum Gasteiger partial charge on any atom is 0.320 e. The van der Waals surface area contributed by atoms with Crippen LogP contribution in [0.5, 0.6) is 0 Å². The normalized spacial score (nSPS) is 25.1. The minimum absolute atomic E-state index is 0.158. The van der Waals surface area contributed by atoms with Gasteiger partial charge in [0.15, 0.2) is 0 Å². The van der Waals surface area contributed by atoms with Crippen molar-refractivity contribution < 1.29 is 14.3 Å². The standard InChI is InChI=1S/C30H41FN2O2S/c31-27-9-7-22(8-10-27)3-1-4-23-11-14-32(15-12-23)18-26-19-33(20-28(26)25-13-16-36-21-25)29(30(34)35)17-24-5-2-6-24/h7-10,13,16,21,23-24,26,28-29H,1-6,11-12,14-15,17-20H2,(H,34,35)/t26?,28?,29-/m1/s1. The lowest BCUT2D eigenvalue weighted by Crippen LogP contribution is -2.43. The van der Waals surface area contributed by atoms with Crippen LogP contribution in [0.15, 0.2) is 41.1 Å². The molecule has 2 aliphatic heterocycles. The quantitative estimate of drug-likeness (QED) is 0.385. The van der Waals surface area contributed by atoms with Crippen LogP contribution >= 0.6 is 11.3 Å². The van der Waals surface area contributed by atoms with E-state index in [0.717, 1.165) is 51.5 Å². The molecular formula is C30H41FN2O2S. The van der Waals surface area contributed by atoms with Crippen molar-refractivity contribution in [3.8, 4) is 0 Å². The number of thiophene rings is 1. The Hall–Kier alpha value is -1.76. The summed E-state index contributed by atoms with van der Waals surface area (Å²) in [5.74, 6) is 1.54. The summed E-state index contributed by atoms with van der Waals surface area (Å²) in [5.41, 5.74) is 2.63. The first-order chi connectivity index (χ1) is 17.5. The van der Waals surface area contributed by atoms with Gasteiger partial charge in [-0.1, -0.05) is 37.8 Å². The van der Waals surface area contributed by atoms with E-state index in [1.165, 1.54) is 56.1 Å². The number of aliphatic carboxylic acids is 1. The van der Waals surface area contributed by atoms with Gasteiger partial charge >= 0.3 is 5.97 Å². The number of likely N-dealkylation sites (tertiary alicyclic amines) is 2. The number of carbonyl (C=O) groups is 1. The number of carboxylic acids is 1. The van der Waals surface area contributed by atoms with Crippen molar-refractivity contribution in [1.82, 2.24) is 9.80 Å². The smallest absolute Gasteiger partial charge is 0.320 e. The second-order valence-electron chi connectivity index (χ2n) is 11.5. The van der Waals surface area contributed by atoms with E-state index in [1.54, 1.807) is 23.5 Å². The van der Waals surface area contributed by atoms with Gasteiger partial charge in [-0.25, -0.2) is 4.39 Å². The number of hydrogen-bond acceptors (Lipinski definition) is 4. The largest absolute Gasteiger partial charge is 0.480 e. The van der Waals surface area contributed by atoms with Crippen LogP contribution in [-0.2, 0) is 11.2 Å². The highest BCUT2D eigenvalue weighted by atomic mass is 32.1. The van der Waals surface area contributed by atoms with Gasteiger partial charge in [0.05, 0.1) is 0 Å². The van der Waals surface area contributed by atoms with Gasteiger partial charge in [0.2, 0.25) is 0 Å². The minimum Gasteiger partial charge on any atom is -0.480 e. The molecule has 36 heavy (non-hydrogen) atoms. The van der Waals surface area contributed by atoms with Gasteiger partial charge in [-0.2, -0.15) is 11.3 Å². The molecule has 1 aromatic carbocycles. The third kappa shape index (κ3) is 6.56. The van der Waals surface area contributed by atoms with Crippen molar-refractivity contribution in [2.45, 2.75) is 69.7 Å². The summed E-state index contributed by atoms with van der Waals surface area (Å²) >= 11 is 1.75. The Balaban J connectivity index is 1.12. The molecule has 4 nitrogen and oxygen atoms in total. The molecule has 6 heteroatoms. The Morgan fingerprint density at radius 3 is 2.47 bits per heavy atom. The lowest BCUT2D eigenvalue weighted by molar-refractivity contribution is -0.144. The Morgan fingerprint density at radius 2 is 1.83 bits per heavy atom. The predicted octanol–water partition coefficient (Wildman–Crippen LogP) is 6.28. The minimum atomic E-state index is -0.631. The van der Waals surface area contributed by atoms with Gasteiger partial charge < -0.3 is 10.0 Å². The van der Waals surface area contributed by atoms with Crippen LogP contribution in [0.25, 0.3) is 0 Å². The first-order valence-corrected chi connectivity index (χ1v) is 14.9. The fourth-order valence-corrected chi connectivity index (χ4v) is 7.42. The number of benzene rings is 1. The van der Waals surface area contributed by atoms with Crippen LogP contribution in [-0.4, -0.2) is 59.6 Å². The average Bonchev–Trinajstić information content (AvgIpc) is 3.51. The number of hydrogen-bond donors (Lipinski definition) is 1. The van der Waals surface area contributed by atoms with E-state index in [4.69, 9.17) is 0 Å². The molecule has 3 atom stereocenters. The van der Waals surface area contributed by atoms with E-state index in [-0.39, 0.29) is 11.9 Å². The molecular weight excluding hydrogens is 471 g/mol. The summed E-state index contributed by atoms with van der Waals surface area (Å²) < 4.78 is 13.1. The van der Waals surface area contributed by atoms with Crippen LogP contribution in [0, 0.1) is 23.6 Å². The van der Waals surface area contributed by atoms with Crippen molar-refractivity contribution in [3.05, 3.63) is 58.0 Å². The Bertz CT molecular complexity index is 954. The van der Waals surface area contributed by atoms with Crippen LogP contribution < -0.4 is 0 Å². The summed E-state index contributed by atoms with van der Waals surface area (Å²) in [6, 6.07) is 8.87. The topological polar surface area (TPSA) is 43.8 Å². The average molecular weight is 513 g/mol. The van der Waals surface area contributed by atoms with Crippen LogP contribution in [0.1, 0.15) is 68.4 Å². The highest BCUT2D eigenvalue weighted by Gasteiger charge is 2.41. The summed E-state index contributed by atoms with van der Waals surface area (Å²) in [4.78, 5) is 17.2. The van der Waals surface area contributed by atoms with Crippen molar-refractivity contribution >= 4 is 17.3 Å². The number of nitrogens with zero attached hydrogens (tertiary/aromatic N) is 2. The molecule has 1 aliphatic carbocycles. The monoisotopic (exact) mass is 512 g/mol. The molecule has 3 aliphatic rings. The molecule has 196 valence electrons. The Morgan fingerprint density at radius 1 is 1.06 bits per heavy atom. The third-order valence-corrected chi connectivity index (χ3v) is 9.84. The molecule has 1 saturated carbocycles. The van der Waals surface area contributed by atoms with Gasteiger partial charge in [-0.15, -0.1) is 0 Å². The highest BCUT2D eigenvalue weighted by Crippen LogP contribution is 2.39. The van der Waals surface area contributed by atoms with E-state index in [9.17, 15) is 14.3 Å². The summed E-state index contributed by atoms with van der Waals surface area (Å²) in [5, 5.41) is 14.5. The number of aryl methyl sites for hydroxylation is 1. The van der Waals surface area contributed by atoms with Crippen LogP contribution in [0.2, 0.25) is 0 Å². The van der Waals surface area contributed by atoms with E-state index < -0.39 is 5.97 Å². The van der Waals surface area contributed by atoms with E-state index in [0.29, 0.717) is 17.8 Å². The van der Waals surface area contributed by atoms with Crippen molar-refractivity contribution in [2.24, 2.45) is 17.8 Å². The van der Waals surface area contributed by atoms with Gasteiger partial charge in [0.25, 0.3) is 0 Å². The molecule has 3 heterocycles. The van der Waals surface area contributed by atoms with E-state index in [1.807, 2.05) is 12.1 Å². The third-order valence-electron chi connectivity index (χ3n) is 9.14. The molecule has 2 unspecified atom stereocenters. The molecule has 5 rings (SSSR count). The second kappa shape index (κ2) is 12.2. The first-order valence-electron chi connectivity index (χ1n) is 14.0. The second-order valence-corrected chi connectivity index (χ2v) is 12.3. The van der Waals surface area contributed by atoms with Gasteiger partial charge in [-0.3, -0.25) is 9.69 Å². The lowest BCUT2D eigenvalue weighted by atomic mass is 9.80. The summed E-state index contributed by atoms with van der Waals surface area (Å²) in [6.07, 6.45) is 10.5. The predicted molar refractivity (Wildman–Crippen MR) is 144 cm³/mol. The summed E-state index contributed by atoms with van der Waals surface area (Å²) in [6.45, 7) is 5.17. The molecule has 2 saturated heterocycles. The molecule has 1 N–H and O–H groups in total. The maximum atomic E-state index is 13.1.